The Morgan fingerprint density at radius 2 is 2.00 bits per heavy atom. The summed E-state index contributed by atoms with van der Waals surface area (Å²) in [6.45, 7) is 3.95. The van der Waals surface area contributed by atoms with Gasteiger partial charge in [0.25, 0.3) is 5.91 Å². The first-order valence-corrected chi connectivity index (χ1v) is 10.5. The molecule has 1 aliphatic heterocycles. The van der Waals surface area contributed by atoms with Gasteiger partial charge >= 0.3 is 0 Å². The largest absolute Gasteiger partial charge is 0.497 e. The number of hydrogen-bond donors (Lipinski definition) is 0. The highest BCUT2D eigenvalue weighted by atomic mass is 16.5. The van der Waals surface area contributed by atoms with Gasteiger partial charge in [-0.1, -0.05) is 0 Å². The molecule has 3 aromatic heterocycles. The van der Waals surface area contributed by atoms with Gasteiger partial charge in [-0.05, 0) is 55.8 Å². The van der Waals surface area contributed by atoms with Crippen LogP contribution in [0.25, 0.3) is 22.6 Å². The molecule has 1 saturated heterocycles. The summed E-state index contributed by atoms with van der Waals surface area (Å²) in [5, 5.41) is 4.24. The van der Waals surface area contributed by atoms with Crippen molar-refractivity contribution in [2.45, 2.75) is 25.9 Å². The van der Waals surface area contributed by atoms with Gasteiger partial charge in [-0.25, -0.2) is 9.97 Å². The Labute approximate surface area is 180 Å². The molecule has 8 nitrogen and oxygen atoms in total. The van der Waals surface area contributed by atoms with Crippen LogP contribution in [0.4, 0.5) is 0 Å². The van der Waals surface area contributed by atoms with Crippen LogP contribution >= 0.6 is 0 Å². The molecular weight excluding hydrogens is 392 g/mol. The van der Waals surface area contributed by atoms with Gasteiger partial charge < -0.3 is 14.2 Å². The van der Waals surface area contributed by atoms with Gasteiger partial charge in [-0.15, -0.1) is 0 Å². The molecule has 1 fully saturated rings. The van der Waals surface area contributed by atoms with Crippen molar-refractivity contribution in [3.8, 4) is 17.1 Å². The molecule has 1 amide bonds. The van der Waals surface area contributed by atoms with Gasteiger partial charge in [-0.2, -0.15) is 5.10 Å². The van der Waals surface area contributed by atoms with Crippen molar-refractivity contribution >= 4 is 17.1 Å². The van der Waals surface area contributed by atoms with Gasteiger partial charge in [0.15, 0.2) is 5.65 Å². The molecule has 4 heterocycles. The van der Waals surface area contributed by atoms with Gasteiger partial charge in [0.1, 0.15) is 22.8 Å². The Bertz CT molecular complexity index is 1230. The lowest BCUT2D eigenvalue weighted by atomic mass is 10.2. The first kappa shape index (κ1) is 19.3. The summed E-state index contributed by atoms with van der Waals surface area (Å²) in [5.74, 6) is 1.68. The Balaban J connectivity index is 1.50. The van der Waals surface area contributed by atoms with Crippen molar-refractivity contribution in [1.29, 1.82) is 0 Å². The number of benzene rings is 1. The fraction of sp³-hybridized carbons (Fsp3) is 0.304. The van der Waals surface area contributed by atoms with E-state index in [1.165, 1.54) is 0 Å². The first-order valence-electron chi connectivity index (χ1n) is 10.5. The van der Waals surface area contributed by atoms with Crippen molar-refractivity contribution in [2.75, 3.05) is 20.2 Å². The lowest BCUT2D eigenvalue weighted by Gasteiger charge is -2.19. The average molecular weight is 416 g/mol. The highest BCUT2D eigenvalue weighted by Gasteiger charge is 2.32. The molecule has 0 saturated carbocycles. The third-order valence-electron chi connectivity index (χ3n) is 5.85. The molecule has 8 heteroatoms. The molecule has 0 aliphatic carbocycles. The molecule has 1 aliphatic rings. The second-order valence-corrected chi connectivity index (χ2v) is 7.61. The van der Waals surface area contributed by atoms with Crippen LogP contribution in [0.5, 0.6) is 5.75 Å². The number of aromatic nitrogens is 5. The first-order chi connectivity index (χ1) is 15.2. The average Bonchev–Trinajstić information content (AvgIpc) is 3.56. The van der Waals surface area contributed by atoms with E-state index >= 15 is 0 Å². The number of amides is 1. The maximum atomic E-state index is 13.1. The molecule has 0 spiro atoms. The molecular formula is C23H24N6O2. The molecule has 5 rings (SSSR count). The summed E-state index contributed by atoms with van der Waals surface area (Å²) in [4.78, 5) is 24.5. The summed E-state index contributed by atoms with van der Waals surface area (Å²) in [6, 6.07) is 13.6. The molecule has 0 bridgehead atoms. The van der Waals surface area contributed by atoms with E-state index in [0.29, 0.717) is 25.3 Å². The van der Waals surface area contributed by atoms with Crippen molar-refractivity contribution in [1.82, 2.24) is 29.2 Å². The van der Waals surface area contributed by atoms with E-state index in [9.17, 15) is 4.79 Å². The van der Waals surface area contributed by atoms with Crippen LogP contribution in [0, 0.1) is 0 Å². The normalized spacial score (nSPS) is 16.2. The van der Waals surface area contributed by atoms with Gasteiger partial charge in [-0.3, -0.25) is 9.48 Å². The van der Waals surface area contributed by atoms with Gasteiger partial charge in [0.2, 0.25) is 0 Å². The van der Waals surface area contributed by atoms with E-state index < -0.39 is 0 Å². The zero-order chi connectivity index (χ0) is 21.4. The fourth-order valence-electron chi connectivity index (χ4n) is 4.28. The van der Waals surface area contributed by atoms with Crippen molar-refractivity contribution in [2.24, 2.45) is 0 Å². The minimum atomic E-state index is 0.0187. The van der Waals surface area contributed by atoms with Gasteiger partial charge in [0.05, 0.1) is 13.2 Å². The van der Waals surface area contributed by atoms with Crippen LogP contribution in [-0.2, 0) is 6.54 Å². The second kappa shape index (κ2) is 7.86. The number of methoxy groups -OCH3 is 1. The molecule has 0 N–H and O–H groups in total. The Morgan fingerprint density at radius 3 is 2.77 bits per heavy atom. The monoisotopic (exact) mass is 416 g/mol. The minimum absolute atomic E-state index is 0.0187. The molecule has 158 valence electrons. The highest BCUT2D eigenvalue weighted by molar-refractivity contribution is 5.92. The fourth-order valence-corrected chi connectivity index (χ4v) is 4.28. The highest BCUT2D eigenvalue weighted by Crippen LogP contribution is 2.33. The lowest BCUT2D eigenvalue weighted by molar-refractivity contribution is 0.0775. The lowest BCUT2D eigenvalue weighted by Crippen LogP contribution is -2.31. The maximum absolute atomic E-state index is 13.1. The van der Waals surface area contributed by atoms with Crippen LogP contribution in [0.15, 0.2) is 54.9 Å². The van der Waals surface area contributed by atoms with E-state index in [-0.39, 0.29) is 11.9 Å². The van der Waals surface area contributed by atoms with Crippen molar-refractivity contribution in [3.05, 3.63) is 60.6 Å². The number of pyridine rings is 1. The number of aryl methyl sites for hydroxylation is 1. The minimum Gasteiger partial charge on any atom is -0.497 e. The third-order valence-corrected chi connectivity index (χ3v) is 5.85. The van der Waals surface area contributed by atoms with Crippen molar-refractivity contribution in [3.63, 3.8) is 0 Å². The number of rotatable bonds is 5. The van der Waals surface area contributed by atoms with Crippen LogP contribution in [0.3, 0.4) is 0 Å². The molecule has 1 atom stereocenters. The summed E-state index contributed by atoms with van der Waals surface area (Å²) in [6.07, 6.45) is 4.31. The molecule has 31 heavy (non-hydrogen) atoms. The van der Waals surface area contributed by atoms with Crippen LogP contribution in [0.2, 0.25) is 0 Å². The summed E-state index contributed by atoms with van der Waals surface area (Å²) in [5.41, 5.74) is 3.31. The van der Waals surface area contributed by atoms with Crippen LogP contribution in [0.1, 0.15) is 29.9 Å². The standard InChI is InChI=1S/C23H24N6O2/c1-3-28-20(10-13-25-28)23(30)27-14-11-17(15-27)29-21(16-6-8-18(31-2)9-7-16)26-19-5-4-12-24-22(19)29/h4-10,12-13,17H,3,11,14-15H2,1-2H3. The molecule has 4 aromatic rings. The SMILES string of the molecule is CCn1nccc1C(=O)N1CCC(n2c(-c3ccc(OC)cc3)nc3cccnc32)C1. The number of nitrogens with zero attached hydrogens (tertiary/aromatic N) is 6. The number of imidazole rings is 1. The molecule has 1 aromatic carbocycles. The van der Waals surface area contributed by atoms with E-state index in [0.717, 1.165) is 34.7 Å². The van der Waals surface area contributed by atoms with E-state index in [2.05, 4.69) is 14.6 Å². The number of carbonyl (C=O) groups is 1. The van der Waals surface area contributed by atoms with Crippen molar-refractivity contribution < 1.29 is 9.53 Å². The molecule has 1 unspecified atom stereocenters. The third kappa shape index (κ3) is 3.34. The van der Waals surface area contributed by atoms with E-state index in [1.54, 1.807) is 30.3 Å². The smallest absolute Gasteiger partial charge is 0.272 e. The maximum Gasteiger partial charge on any atom is 0.272 e. The number of likely N-dealkylation sites (tertiary alicyclic amines) is 1. The Hall–Kier alpha value is -3.68. The Morgan fingerprint density at radius 1 is 1.16 bits per heavy atom. The molecule has 0 radical (unpaired) electrons. The van der Waals surface area contributed by atoms with Crippen LogP contribution in [-0.4, -0.2) is 55.3 Å². The summed E-state index contributed by atoms with van der Waals surface area (Å²) >= 11 is 0. The number of ether oxygens (including phenoxy) is 1. The Kier molecular flexibility index (Phi) is 4.89. The summed E-state index contributed by atoms with van der Waals surface area (Å²) < 4.78 is 9.22. The predicted molar refractivity (Wildman–Crippen MR) is 117 cm³/mol. The van der Waals surface area contributed by atoms with Gasteiger partial charge in [0, 0.05) is 37.6 Å². The summed E-state index contributed by atoms with van der Waals surface area (Å²) in [7, 11) is 1.66. The van der Waals surface area contributed by atoms with E-state index in [4.69, 9.17) is 9.72 Å². The number of fused-ring (bicyclic) bond motifs is 1. The number of carbonyl (C=O) groups excluding carboxylic acids is 1. The zero-order valence-corrected chi connectivity index (χ0v) is 17.6. The number of hydrogen-bond acceptors (Lipinski definition) is 5. The van der Waals surface area contributed by atoms with Crippen LogP contribution < -0.4 is 4.74 Å². The van der Waals surface area contributed by atoms with E-state index in [1.807, 2.05) is 48.2 Å². The second-order valence-electron chi connectivity index (χ2n) is 7.61. The topological polar surface area (TPSA) is 78.1 Å². The zero-order valence-electron chi connectivity index (χ0n) is 17.6. The quantitative estimate of drug-likeness (QED) is 0.498. The predicted octanol–water partition coefficient (Wildman–Crippen LogP) is 3.41.